The lowest BCUT2D eigenvalue weighted by atomic mass is 9.87. The molecular formula is C23H26O5. The largest absolute Gasteiger partial charge is 0.490 e. The molecule has 2 aromatic carbocycles. The highest BCUT2D eigenvalue weighted by atomic mass is 16.5. The monoisotopic (exact) mass is 382 g/mol. The van der Waals surface area contributed by atoms with E-state index in [1.54, 1.807) is 24.3 Å². The Morgan fingerprint density at radius 2 is 1.57 bits per heavy atom. The highest BCUT2D eigenvalue weighted by Crippen LogP contribution is 2.28. The first-order chi connectivity index (χ1) is 13.7. The van der Waals surface area contributed by atoms with Gasteiger partial charge < -0.3 is 14.2 Å². The summed E-state index contributed by atoms with van der Waals surface area (Å²) in [5.41, 5.74) is 1.45. The summed E-state index contributed by atoms with van der Waals surface area (Å²) in [4.78, 5) is 24.0. The third-order valence-corrected chi connectivity index (χ3v) is 4.90. The van der Waals surface area contributed by atoms with Gasteiger partial charge in [-0.2, -0.15) is 0 Å². The van der Waals surface area contributed by atoms with Crippen LogP contribution in [0.3, 0.4) is 0 Å². The molecule has 0 unspecified atom stereocenters. The maximum absolute atomic E-state index is 12.2. The highest BCUT2D eigenvalue weighted by Gasteiger charge is 2.28. The third kappa shape index (κ3) is 5.59. The zero-order valence-electron chi connectivity index (χ0n) is 16.1. The number of hydrogen-bond donors (Lipinski definition) is 0. The van der Waals surface area contributed by atoms with E-state index in [0.29, 0.717) is 12.2 Å². The van der Waals surface area contributed by atoms with Crippen LogP contribution in [0.2, 0.25) is 0 Å². The summed E-state index contributed by atoms with van der Waals surface area (Å²) < 4.78 is 16.4. The van der Waals surface area contributed by atoms with E-state index < -0.39 is 0 Å². The van der Waals surface area contributed by atoms with Crippen LogP contribution in [0, 0.1) is 5.92 Å². The Hall–Kier alpha value is -2.82. The predicted octanol–water partition coefficient (Wildman–Crippen LogP) is 4.54. The quantitative estimate of drug-likeness (QED) is 0.658. The topological polar surface area (TPSA) is 61.8 Å². The summed E-state index contributed by atoms with van der Waals surface area (Å²) in [6.07, 6.45) is 3.30. The lowest BCUT2D eigenvalue weighted by molar-refractivity contribution is -0.149. The molecule has 1 fully saturated rings. The van der Waals surface area contributed by atoms with Gasteiger partial charge in [0.2, 0.25) is 0 Å². The van der Waals surface area contributed by atoms with Crippen LogP contribution >= 0.6 is 0 Å². The van der Waals surface area contributed by atoms with Crippen molar-refractivity contribution in [3.05, 3.63) is 65.7 Å². The lowest BCUT2D eigenvalue weighted by Gasteiger charge is -2.27. The first kappa shape index (κ1) is 19.9. The summed E-state index contributed by atoms with van der Waals surface area (Å²) in [5, 5.41) is 0. The van der Waals surface area contributed by atoms with E-state index in [1.807, 2.05) is 37.3 Å². The zero-order valence-corrected chi connectivity index (χ0v) is 16.1. The van der Waals surface area contributed by atoms with Crippen LogP contribution in [-0.4, -0.2) is 24.6 Å². The van der Waals surface area contributed by atoms with Gasteiger partial charge in [-0.05, 0) is 62.4 Å². The molecule has 3 rings (SSSR count). The Balaban J connectivity index is 1.45. The molecule has 0 spiro atoms. The van der Waals surface area contributed by atoms with E-state index in [1.165, 1.54) is 0 Å². The van der Waals surface area contributed by atoms with Gasteiger partial charge >= 0.3 is 11.9 Å². The number of carbonyl (C=O) groups excluding carboxylic acids is 2. The molecule has 5 nitrogen and oxygen atoms in total. The Labute approximate surface area is 165 Å². The van der Waals surface area contributed by atoms with Gasteiger partial charge in [-0.15, -0.1) is 0 Å². The van der Waals surface area contributed by atoms with Crippen molar-refractivity contribution in [1.29, 1.82) is 0 Å². The summed E-state index contributed by atoms with van der Waals surface area (Å²) in [7, 11) is 0. The Morgan fingerprint density at radius 1 is 0.893 bits per heavy atom. The number of carbonyl (C=O) groups is 2. The molecular weight excluding hydrogens is 356 g/mol. The zero-order chi connectivity index (χ0) is 19.8. The first-order valence-corrected chi connectivity index (χ1v) is 9.80. The van der Waals surface area contributed by atoms with E-state index >= 15 is 0 Å². The maximum atomic E-state index is 12.2. The van der Waals surface area contributed by atoms with Gasteiger partial charge in [0, 0.05) is 0 Å². The van der Waals surface area contributed by atoms with E-state index in [9.17, 15) is 9.59 Å². The van der Waals surface area contributed by atoms with Gasteiger partial charge in [0.1, 0.15) is 12.4 Å². The average Bonchev–Trinajstić information content (AvgIpc) is 2.74. The SMILES string of the molecule is CCOC(=O)[C@H]1CC[C@H](Oc2ccc(C(=O)OCc3ccccc3)cc2)CC1. The smallest absolute Gasteiger partial charge is 0.338 e. The van der Waals surface area contributed by atoms with Crippen molar-refractivity contribution in [3.8, 4) is 5.75 Å². The van der Waals surface area contributed by atoms with Gasteiger partial charge in [-0.3, -0.25) is 4.79 Å². The van der Waals surface area contributed by atoms with Crippen LogP contribution in [0.5, 0.6) is 5.75 Å². The molecule has 0 saturated heterocycles. The Kier molecular flexibility index (Phi) is 7.06. The molecule has 2 aromatic rings. The van der Waals surface area contributed by atoms with Crippen molar-refractivity contribution in [3.63, 3.8) is 0 Å². The second-order valence-electron chi connectivity index (χ2n) is 6.93. The van der Waals surface area contributed by atoms with Crippen LogP contribution in [0.15, 0.2) is 54.6 Å². The number of rotatable bonds is 7. The van der Waals surface area contributed by atoms with E-state index in [2.05, 4.69) is 0 Å². The van der Waals surface area contributed by atoms with Crippen molar-refractivity contribution in [2.24, 2.45) is 5.92 Å². The summed E-state index contributed by atoms with van der Waals surface area (Å²) in [5.74, 6) is 0.255. The van der Waals surface area contributed by atoms with Gasteiger partial charge in [-0.1, -0.05) is 30.3 Å². The Morgan fingerprint density at radius 3 is 2.21 bits per heavy atom. The molecule has 1 saturated carbocycles. The lowest BCUT2D eigenvalue weighted by Crippen LogP contribution is -2.29. The summed E-state index contributed by atoms with van der Waals surface area (Å²) in [6, 6.07) is 16.6. The fraction of sp³-hybridized carbons (Fsp3) is 0.391. The van der Waals surface area contributed by atoms with Crippen molar-refractivity contribution >= 4 is 11.9 Å². The van der Waals surface area contributed by atoms with Crippen molar-refractivity contribution in [1.82, 2.24) is 0 Å². The minimum absolute atomic E-state index is 0.0124. The summed E-state index contributed by atoms with van der Waals surface area (Å²) in [6.45, 7) is 2.50. The molecule has 5 heteroatoms. The van der Waals surface area contributed by atoms with E-state index in [-0.39, 0.29) is 30.6 Å². The van der Waals surface area contributed by atoms with Crippen molar-refractivity contribution < 1.29 is 23.8 Å². The number of ether oxygens (including phenoxy) is 3. The predicted molar refractivity (Wildman–Crippen MR) is 105 cm³/mol. The van der Waals surface area contributed by atoms with Gasteiger partial charge in [-0.25, -0.2) is 4.79 Å². The molecule has 0 aromatic heterocycles. The van der Waals surface area contributed by atoms with E-state index in [0.717, 1.165) is 37.0 Å². The van der Waals surface area contributed by atoms with Crippen LogP contribution in [-0.2, 0) is 20.9 Å². The maximum Gasteiger partial charge on any atom is 0.338 e. The standard InChI is InChI=1S/C23H26O5/c1-2-26-22(24)18-8-12-20(13-9-18)28-21-14-10-19(11-15-21)23(25)27-16-17-6-4-3-5-7-17/h3-7,10-11,14-15,18,20H,2,8-9,12-13,16H2,1H3/t18-,20-. The van der Waals surface area contributed by atoms with Gasteiger partial charge in [0.25, 0.3) is 0 Å². The molecule has 0 bridgehead atoms. The average molecular weight is 382 g/mol. The number of esters is 2. The molecule has 0 atom stereocenters. The van der Waals surface area contributed by atoms with Gasteiger partial charge in [0.15, 0.2) is 0 Å². The molecule has 1 aliphatic carbocycles. The molecule has 1 aliphatic rings. The molecule has 28 heavy (non-hydrogen) atoms. The van der Waals surface area contributed by atoms with Crippen LogP contribution in [0.25, 0.3) is 0 Å². The minimum Gasteiger partial charge on any atom is -0.490 e. The molecule has 0 aliphatic heterocycles. The third-order valence-electron chi connectivity index (χ3n) is 4.90. The van der Waals surface area contributed by atoms with Crippen LogP contribution in [0.1, 0.15) is 48.5 Å². The van der Waals surface area contributed by atoms with Crippen LogP contribution in [0.4, 0.5) is 0 Å². The normalized spacial score (nSPS) is 18.9. The van der Waals surface area contributed by atoms with Crippen molar-refractivity contribution in [2.75, 3.05) is 6.61 Å². The van der Waals surface area contributed by atoms with E-state index in [4.69, 9.17) is 14.2 Å². The molecule has 0 heterocycles. The summed E-state index contributed by atoms with van der Waals surface area (Å²) >= 11 is 0. The van der Waals surface area contributed by atoms with Gasteiger partial charge in [0.05, 0.1) is 24.2 Å². The van der Waals surface area contributed by atoms with Crippen molar-refractivity contribution in [2.45, 2.75) is 45.3 Å². The fourth-order valence-corrected chi connectivity index (χ4v) is 3.34. The highest BCUT2D eigenvalue weighted by molar-refractivity contribution is 5.89. The first-order valence-electron chi connectivity index (χ1n) is 9.80. The number of hydrogen-bond acceptors (Lipinski definition) is 5. The fourth-order valence-electron chi connectivity index (χ4n) is 3.34. The molecule has 0 radical (unpaired) electrons. The second kappa shape index (κ2) is 9.93. The molecule has 148 valence electrons. The van der Waals surface area contributed by atoms with Crippen LogP contribution < -0.4 is 4.74 Å². The Bertz CT molecular complexity index is 761. The number of benzene rings is 2. The minimum atomic E-state index is -0.356. The molecule has 0 amide bonds. The second-order valence-corrected chi connectivity index (χ2v) is 6.93. The molecule has 0 N–H and O–H groups in total.